The van der Waals surface area contributed by atoms with Gasteiger partial charge in [-0.15, -0.1) is 0 Å². The Morgan fingerprint density at radius 3 is 2.35 bits per heavy atom. The third-order valence-corrected chi connectivity index (χ3v) is 4.82. The van der Waals surface area contributed by atoms with Gasteiger partial charge in [-0.2, -0.15) is 0 Å². The van der Waals surface area contributed by atoms with Gasteiger partial charge in [0.05, 0.1) is 0 Å². The summed E-state index contributed by atoms with van der Waals surface area (Å²) in [5.41, 5.74) is 9.02. The van der Waals surface area contributed by atoms with Crippen molar-refractivity contribution in [1.29, 1.82) is 0 Å². The molecule has 0 aromatic heterocycles. The number of hydrogen-bond acceptors (Lipinski definition) is 0. The predicted octanol–water partition coefficient (Wildman–Crippen LogP) is 6.38. The Balaban J connectivity index is 1.86. The Morgan fingerprint density at radius 1 is 0.826 bits per heavy atom. The number of aryl methyl sites for hydroxylation is 2. The number of rotatable bonds is 6. The molecule has 0 N–H and O–H groups in total. The average molecular weight is 302 g/mol. The van der Waals surface area contributed by atoms with E-state index in [0.717, 1.165) is 19.3 Å². The Morgan fingerprint density at radius 2 is 1.57 bits per heavy atom. The van der Waals surface area contributed by atoms with Crippen LogP contribution in [-0.4, -0.2) is 0 Å². The van der Waals surface area contributed by atoms with Crippen LogP contribution in [0.15, 0.2) is 71.8 Å². The van der Waals surface area contributed by atoms with E-state index in [9.17, 15) is 0 Å². The monoisotopic (exact) mass is 302 g/mol. The van der Waals surface area contributed by atoms with Gasteiger partial charge >= 0.3 is 0 Å². The van der Waals surface area contributed by atoms with Crippen LogP contribution in [0.5, 0.6) is 0 Å². The first-order valence-electron chi connectivity index (χ1n) is 8.81. The molecule has 23 heavy (non-hydrogen) atoms. The summed E-state index contributed by atoms with van der Waals surface area (Å²) in [4.78, 5) is 0. The molecule has 2 aromatic carbocycles. The van der Waals surface area contributed by atoms with Crippen molar-refractivity contribution in [3.05, 3.63) is 88.5 Å². The standard InChI is InChI=1S/C23H26/c1-3-9-21-18(2)14-17-23(21)22-13-8-7-12-20(22)16-15-19-10-5-4-6-11-19/h4-8,10-14H,3,9,15-17H2,1-2H3. The van der Waals surface area contributed by atoms with Crippen LogP contribution in [0.1, 0.15) is 49.8 Å². The lowest BCUT2D eigenvalue weighted by Crippen LogP contribution is -1.98. The van der Waals surface area contributed by atoms with Gasteiger partial charge in [0, 0.05) is 0 Å². The van der Waals surface area contributed by atoms with Gasteiger partial charge in [-0.25, -0.2) is 0 Å². The smallest absolute Gasteiger partial charge is 0.00828 e. The molecule has 0 bridgehead atoms. The fourth-order valence-electron chi connectivity index (χ4n) is 3.57. The number of hydrogen-bond donors (Lipinski definition) is 0. The van der Waals surface area contributed by atoms with E-state index in [1.807, 2.05) is 0 Å². The summed E-state index contributed by atoms with van der Waals surface area (Å²) in [5.74, 6) is 0. The molecular weight excluding hydrogens is 276 g/mol. The molecule has 1 aliphatic rings. The molecule has 0 heteroatoms. The van der Waals surface area contributed by atoms with E-state index in [-0.39, 0.29) is 0 Å². The van der Waals surface area contributed by atoms with Crippen molar-refractivity contribution in [1.82, 2.24) is 0 Å². The number of benzene rings is 2. The minimum atomic E-state index is 1.10. The van der Waals surface area contributed by atoms with Gasteiger partial charge in [0.1, 0.15) is 0 Å². The van der Waals surface area contributed by atoms with Crippen molar-refractivity contribution in [3.63, 3.8) is 0 Å². The minimum absolute atomic E-state index is 1.10. The Bertz CT molecular complexity index is 717. The zero-order valence-corrected chi connectivity index (χ0v) is 14.3. The molecule has 118 valence electrons. The Kier molecular flexibility index (Phi) is 5.12. The van der Waals surface area contributed by atoms with Crippen LogP contribution >= 0.6 is 0 Å². The van der Waals surface area contributed by atoms with Gasteiger partial charge in [0.2, 0.25) is 0 Å². The quantitative estimate of drug-likeness (QED) is 0.581. The van der Waals surface area contributed by atoms with Gasteiger partial charge < -0.3 is 0 Å². The summed E-state index contributed by atoms with van der Waals surface area (Å²) in [6.45, 7) is 4.54. The molecule has 0 spiro atoms. The second-order valence-electron chi connectivity index (χ2n) is 6.44. The molecule has 0 atom stereocenters. The molecule has 0 nitrogen and oxygen atoms in total. The van der Waals surface area contributed by atoms with Gasteiger partial charge in [-0.1, -0.05) is 79.6 Å². The van der Waals surface area contributed by atoms with E-state index in [1.54, 1.807) is 11.1 Å². The second-order valence-corrected chi connectivity index (χ2v) is 6.44. The molecule has 0 saturated carbocycles. The van der Waals surface area contributed by atoms with E-state index in [1.165, 1.54) is 35.1 Å². The molecule has 0 saturated heterocycles. The van der Waals surface area contributed by atoms with E-state index in [4.69, 9.17) is 0 Å². The first-order valence-corrected chi connectivity index (χ1v) is 8.81. The lowest BCUT2D eigenvalue weighted by Gasteiger charge is -2.14. The normalized spacial score (nSPS) is 14.3. The van der Waals surface area contributed by atoms with Gasteiger partial charge in [-0.05, 0) is 60.4 Å². The van der Waals surface area contributed by atoms with Crippen LogP contribution in [0.3, 0.4) is 0 Å². The summed E-state index contributed by atoms with van der Waals surface area (Å²) in [6, 6.07) is 19.8. The van der Waals surface area contributed by atoms with Crippen LogP contribution in [-0.2, 0) is 12.8 Å². The highest BCUT2D eigenvalue weighted by atomic mass is 14.2. The Labute approximate surface area is 140 Å². The zero-order valence-electron chi connectivity index (χ0n) is 14.3. The van der Waals surface area contributed by atoms with Crippen molar-refractivity contribution in [3.8, 4) is 0 Å². The minimum Gasteiger partial charge on any atom is -0.0769 e. The van der Waals surface area contributed by atoms with Crippen molar-refractivity contribution in [2.24, 2.45) is 0 Å². The third-order valence-electron chi connectivity index (χ3n) is 4.82. The average Bonchev–Trinajstić information content (AvgIpc) is 2.95. The fourth-order valence-corrected chi connectivity index (χ4v) is 3.57. The number of allylic oxidation sites excluding steroid dienone is 4. The highest BCUT2D eigenvalue weighted by molar-refractivity contribution is 5.78. The molecule has 1 aliphatic carbocycles. The lowest BCUT2D eigenvalue weighted by atomic mass is 9.91. The highest BCUT2D eigenvalue weighted by Crippen LogP contribution is 2.37. The van der Waals surface area contributed by atoms with Crippen molar-refractivity contribution in [2.75, 3.05) is 0 Å². The maximum Gasteiger partial charge on any atom is -0.00828 e. The molecule has 0 amide bonds. The summed E-state index contributed by atoms with van der Waals surface area (Å²) in [7, 11) is 0. The molecule has 0 radical (unpaired) electrons. The summed E-state index contributed by atoms with van der Waals surface area (Å²) >= 11 is 0. The lowest BCUT2D eigenvalue weighted by molar-refractivity contribution is 0.915. The van der Waals surface area contributed by atoms with Crippen molar-refractivity contribution >= 4 is 5.57 Å². The van der Waals surface area contributed by atoms with Crippen molar-refractivity contribution in [2.45, 2.75) is 46.0 Å². The van der Waals surface area contributed by atoms with Crippen LogP contribution in [0.4, 0.5) is 0 Å². The fraction of sp³-hybridized carbons (Fsp3) is 0.304. The molecule has 0 unspecified atom stereocenters. The van der Waals surface area contributed by atoms with Crippen LogP contribution in [0.25, 0.3) is 5.57 Å². The van der Waals surface area contributed by atoms with Crippen molar-refractivity contribution < 1.29 is 0 Å². The third kappa shape index (κ3) is 3.64. The summed E-state index contributed by atoms with van der Waals surface area (Å²) in [6.07, 6.45) is 8.14. The van der Waals surface area contributed by atoms with Crippen LogP contribution < -0.4 is 0 Å². The SMILES string of the molecule is CCCC1=C(c2ccccc2CCc2ccccc2)CC=C1C. The van der Waals surface area contributed by atoms with Crippen LogP contribution in [0, 0.1) is 0 Å². The van der Waals surface area contributed by atoms with Gasteiger partial charge in [0.25, 0.3) is 0 Å². The second kappa shape index (κ2) is 7.46. The van der Waals surface area contributed by atoms with E-state index in [2.05, 4.69) is 74.5 Å². The molecule has 3 rings (SSSR count). The maximum atomic E-state index is 2.40. The summed E-state index contributed by atoms with van der Waals surface area (Å²) < 4.78 is 0. The van der Waals surface area contributed by atoms with Crippen LogP contribution in [0.2, 0.25) is 0 Å². The molecule has 0 aliphatic heterocycles. The topological polar surface area (TPSA) is 0 Å². The van der Waals surface area contributed by atoms with E-state index in [0.29, 0.717) is 0 Å². The highest BCUT2D eigenvalue weighted by Gasteiger charge is 2.17. The first-order chi connectivity index (χ1) is 11.3. The van der Waals surface area contributed by atoms with Gasteiger partial charge in [0.15, 0.2) is 0 Å². The Hall–Kier alpha value is -2.08. The first kappa shape index (κ1) is 15.8. The van der Waals surface area contributed by atoms with E-state index < -0.39 is 0 Å². The maximum absolute atomic E-state index is 2.40. The zero-order chi connectivity index (χ0) is 16.1. The molecular formula is C23H26. The molecule has 0 heterocycles. The predicted molar refractivity (Wildman–Crippen MR) is 100 cm³/mol. The van der Waals surface area contributed by atoms with E-state index >= 15 is 0 Å². The van der Waals surface area contributed by atoms with Gasteiger partial charge in [-0.3, -0.25) is 0 Å². The summed E-state index contributed by atoms with van der Waals surface area (Å²) in [5, 5.41) is 0. The molecule has 0 fully saturated rings. The molecule has 2 aromatic rings. The largest absolute Gasteiger partial charge is 0.0769 e.